The molecule has 2 heteroatoms. The van der Waals surface area contributed by atoms with Gasteiger partial charge in [-0.2, -0.15) is 0 Å². The van der Waals surface area contributed by atoms with Crippen molar-refractivity contribution in [1.29, 1.82) is 0 Å². The Morgan fingerprint density at radius 3 is 2.62 bits per heavy atom. The molecule has 90 valence electrons. The van der Waals surface area contributed by atoms with Crippen LogP contribution in [0.3, 0.4) is 0 Å². The molecule has 0 amide bonds. The summed E-state index contributed by atoms with van der Waals surface area (Å²) in [5, 5.41) is 0. The van der Waals surface area contributed by atoms with Crippen LogP contribution in [0.5, 0.6) is 0 Å². The summed E-state index contributed by atoms with van der Waals surface area (Å²) < 4.78 is 5.14. The van der Waals surface area contributed by atoms with E-state index < -0.39 is 0 Å². The molecule has 0 saturated carbocycles. The lowest BCUT2D eigenvalue weighted by Crippen LogP contribution is -2.01. The Morgan fingerprint density at radius 2 is 1.94 bits per heavy atom. The second kappa shape index (κ2) is 8.14. The molecule has 1 aromatic heterocycles. The molecular weight excluding hydrogens is 200 g/mol. The van der Waals surface area contributed by atoms with E-state index in [0.717, 1.165) is 12.2 Å². The van der Waals surface area contributed by atoms with E-state index in [1.165, 1.54) is 32.1 Å². The van der Waals surface area contributed by atoms with Crippen molar-refractivity contribution < 1.29 is 9.21 Å². The summed E-state index contributed by atoms with van der Waals surface area (Å²) in [7, 11) is 0. The third-order valence-corrected chi connectivity index (χ3v) is 2.76. The Morgan fingerprint density at radius 1 is 1.19 bits per heavy atom. The van der Waals surface area contributed by atoms with Crippen molar-refractivity contribution >= 4 is 5.78 Å². The number of unbranched alkanes of at least 4 members (excludes halogenated alkanes) is 5. The molecule has 0 bridgehead atoms. The second-order valence-electron chi connectivity index (χ2n) is 4.31. The summed E-state index contributed by atoms with van der Waals surface area (Å²) in [6.45, 7) is 2.22. The number of rotatable bonds is 9. The van der Waals surface area contributed by atoms with Gasteiger partial charge in [-0.1, -0.05) is 39.0 Å². The highest BCUT2D eigenvalue weighted by atomic mass is 16.3. The lowest BCUT2D eigenvalue weighted by molar-refractivity contribution is -0.118. The van der Waals surface area contributed by atoms with E-state index >= 15 is 0 Å². The second-order valence-corrected chi connectivity index (χ2v) is 4.31. The highest BCUT2D eigenvalue weighted by Gasteiger charge is 2.05. The predicted octanol–water partition coefficient (Wildman–Crippen LogP) is 4.14. The molecule has 0 atom stereocenters. The van der Waals surface area contributed by atoms with Gasteiger partial charge in [-0.25, -0.2) is 0 Å². The Bertz CT molecular complexity index is 275. The van der Waals surface area contributed by atoms with Gasteiger partial charge in [0, 0.05) is 6.42 Å². The van der Waals surface area contributed by atoms with Gasteiger partial charge in [0.15, 0.2) is 0 Å². The normalized spacial score (nSPS) is 10.6. The fourth-order valence-electron chi connectivity index (χ4n) is 1.80. The van der Waals surface area contributed by atoms with Crippen molar-refractivity contribution in [2.45, 2.75) is 58.3 Å². The molecule has 0 aliphatic heterocycles. The number of ketones is 1. The van der Waals surface area contributed by atoms with Crippen LogP contribution in [0.2, 0.25) is 0 Å². The summed E-state index contributed by atoms with van der Waals surface area (Å²) in [5.41, 5.74) is 0. The van der Waals surface area contributed by atoms with Crippen LogP contribution in [0.15, 0.2) is 22.8 Å². The van der Waals surface area contributed by atoms with Gasteiger partial charge in [-0.3, -0.25) is 4.79 Å². The van der Waals surface area contributed by atoms with E-state index in [0.29, 0.717) is 18.6 Å². The topological polar surface area (TPSA) is 30.2 Å². The smallest absolute Gasteiger partial charge is 0.140 e. The van der Waals surface area contributed by atoms with Crippen molar-refractivity contribution in [2.75, 3.05) is 0 Å². The van der Waals surface area contributed by atoms with Crippen molar-refractivity contribution in [3.63, 3.8) is 0 Å². The molecule has 0 radical (unpaired) electrons. The number of carbonyl (C=O) groups excluding carboxylic acids is 1. The van der Waals surface area contributed by atoms with Crippen LogP contribution in [0.4, 0.5) is 0 Å². The minimum absolute atomic E-state index is 0.297. The van der Waals surface area contributed by atoms with Crippen LogP contribution in [-0.4, -0.2) is 5.78 Å². The molecule has 0 aliphatic carbocycles. The monoisotopic (exact) mass is 222 g/mol. The number of carbonyl (C=O) groups is 1. The number of furan rings is 1. The maximum Gasteiger partial charge on any atom is 0.140 e. The molecule has 16 heavy (non-hydrogen) atoms. The maximum atomic E-state index is 11.5. The standard InChI is InChI=1S/C14H22O2/c1-2-3-4-5-6-7-9-13(15)12-14-10-8-11-16-14/h8,10-11H,2-7,9,12H2,1H3. The summed E-state index contributed by atoms with van der Waals surface area (Å²) in [4.78, 5) is 11.5. The predicted molar refractivity (Wildman–Crippen MR) is 65.4 cm³/mol. The van der Waals surface area contributed by atoms with Crippen LogP contribution in [0, 0.1) is 0 Å². The number of Topliss-reactive ketones (excluding diaryl/α,β-unsaturated/α-hetero) is 1. The molecule has 0 aromatic carbocycles. The van der Waals surface area contributed by atoms with Gasteiger partial charge in [-0.15, -0.1) is 0 Å². The molecule has 0 unspecified atom stereocenters. The molecular formula is C14H22O2. The first-order valence-corrected chi connectivity index (χ1v) is 6.37. The summed E-state index contributed by atoms with van der Waals surface area (Å²) in [6, 6.07) is 3.69. The molecule has 1 heterocycles. The largest absolute Gasteiger partial charge is 0.469 e. The van der Waals surface area contributed by atoms with E-state index in [4.69, 9.17) is 4.42 Å². The molecule has 2 nitrogen and oxygen atoms in total. The van der Waals surface area contributed by atoms with Crippen molar-refractivity contribution in [3.8, 4) is 0 Å². The lowest BCUT2D eigenvalue weighted by Gasteiger charge is -2.00. The third-order valence-electron chi connectivity index (χ3n) is 2.76. The Labute approximate surface area is 98.0 Å². The van der Waals surface area contributed by atoms with E-state index in [2.05, 4.69) is 6.92 Å². The average molecular weight is 222 g/mol. The molecule has 0 saturated heterocycles. The fraction of sp³-hybridized carbons (Fsp3) is 0.643. The van der Waals surface area contributed by atoms with Crippen LogP contribution in [0.25, 0.3) is 0 Å². The van der Waals surface area contributed by atoms with E-state index in [1.54, 1.807) is 6.26 Å². The first kappa shape index (κ1) is 13.0. The average Bonchev–Trinajstić information content (AvgIpc) is 2.76. The highest BCUT2D eigenvalue weighted by Crippen LogP contribution is 2.09. The van der Waals surface area contributed by atoms with E-state index in [-0.39, 0.29) is 0 Å². The van der Waals surface area contributed by atoms with Gasteiger partial charge in [0.05, 0.1) is 12.7 Å². The van der Waals surface area contributed by atoms with Crippen LogP contribution < -0.4 is 0 Å². The molecule has 0 N–H and O–H groups in total. The van der Waals surface area contributed by atoms with Gasteiger partial charge in [0.25, 0.3) is 0 Å². The van der Waals surface area contributed by atoms with Crippen molar-refractivity contribution in [2.24, 2.45) is 0 Å². The van der Waals surface area contributed by atoms with Gasteiger partial charge in [-0.05, 0) is 18.6 Å². The minimum Gasteiger partial charge on any atom is -0.469 e. The fourth-order valence-corrected chi connectivity index (χ4v) is 1.80. The lowest BCUT2D eigenvalue weighted by atomic mass is 10.1. The van der Waals surface area contributed by atoms with E-state index in [9.17, 15) is 4.79 Å². The Balaban J connectivity index is 1.98. The Hall–Kier alpha value is -1.05. The quantitative estimate of drug-likeness (QED) is 0.588. The number of hydrogen-bond donors (Lipinski definition) is 0. The zero-order chi connectivity index (χ0) is 11.6. The van der Waals surface area contributed by atoms with E-state index in [1.807, 2.05) is 12.1 Å². The van der Waals surface area contributed by atoms with Gasteiger partial charge < -0.3 is 4.42 Å². The zero-order valence-corrected chi connectivity index (χ0v) is 10.2. The van der Waals surface area contributed by atoms with Gasteiger partial charge >= 0.3 is 0 Å². The van der Waals surface area contributed by atoms with Crippen molar-refractivity contribution in [1.82, 2.24) is 0 Å². The first-order chi connectivity index (χ1) is 7.83. The minimum atomic E-state index is 0.297. The molecule has 0 aliphatic rings. The zero-order valence-electron chi connectivity index (χ0n) is 10.2. The van der Waals surface area contributed by atoms with Crippen LogP contribution in [0.1, 0.15) is 57.6 Å². The van der Waals surface area contributed by atoms with Gasteiger partial charge in [0.2, 0.25) is 0 Å². The first-order valence-electron chi connectivity index (χ1n) is 6.37. The van der Waals surface area contributed by atoms with Crippen molar-refractivity contribution in [3.05, 3.63) is 24.2 Å². The Kier molecular flexibility index (Phi) is 6.62. The highest BCUT2D eigenvalue weighted by molar-refractivity contribution is 5.80. The molecule has 1 rings (SSSR count). The molecule has 1 aromatic rings. The summed E-state index contributed by atoms with van der Waals surface area (Å²) >= 11 is 0. The van der Waals surface area contributed by atoms with Crippen LogP contribution in [-0.2, 0) is 11.2 Å². The summed E-state index contributed by atoms with van der Waals surface area (Å²) in [5.74, 6) is 1.08. The maximum absolute atomic E-state index is 11.5. The SMILES string of the molecule is CCCCCCCCC(=O)Cc1ccco1. The third kappa shape index (κ3) is 5.74. The summed E-state index contributed by atoms with van der Waals surface area (Å²) in [6.07, 6.45) is 10.2. The molecule has 0 spiro atoms. The molecule has 0 fully saturated rings. The van der Waals surface area contributed by atoms with Gasteiger partial charge in [0.1, 0.15) is 11.5 Å². The van der Waals surface area contributed by atoms with Crippen LogP contribution >= 0.6 is 0 Å². The number of hydrogen-bond acceptors (Lipinski definition) is 2.